The third kappa shape index (κ3) is 3.93. The van der Waals surface area contributed by atoms with Crippen molar-refractivity contribution in [3.05, 3.63) is 60.8 Å². The highest BCUT2D eigenvalue weighted by Crippen LogP contribution is 2.31. The number of hydrogen-bond donors (Lipinski definition) is 0. The Hall–Kier alpha value is -3.37. The minimum Gasteiger partial charge on any atom is -0.458 e. The van der Waals surface area contributed by atoms with Gasteiger partial charge in [0.1, 0.15) is 23.5 Å². The summed E-state index contributed by atoms with van der Waals surface area (Å²) in [7, 11) is 5.95. The minimum atomic E-state index is 0.203. The summed E-state index contributed by atoms with van der Waals surface area (Å²) in [6.07, 6.45) is 14.8. The van der Waals surface area contributed by atoms with E-state index >= 15 is 0 Å². The minimum absolute atomic E-state index is 0.203. The van der Waals surface area contributed by atoms with E-state index in [1.54, 1.807) is 18.5 Å². The van der Waals surface area contributed by atoms with Gasteiger partial charge in [0.25, 0.3) is 0 Å². The zero-order valence-corrected chi connectivity index (χ0v) is 16.2. The van der Waals surface area contributed by atoms with Crippen molar-refractivity contribution in [1.82, 2.24) is 24.6 Å². The van der Waals surface area contributed by atoms with Crippen LogP contribution in [-0.4, -0.2) is 45.6 Å². The molecule has 1 unspecified atom stereocenters. The molecule has 0 saturated carbocycles. The van der Waals surface area contributed by atoms with Crippen molar-refractivity contribution in [3.63, 3.8) is 0 Å². The van der Waals surface area contributed by atoms with Gasteiger partial charge >= 0.3 is 0 Å². The fraction of sp³-hybridized carbons (Fsp3) is 0.227. The Morgan fingerprint density at radius 2 is 2.17 bits per heavy atom. The maximum atomic E-state index is 5.95. The molecular formula is C22H20BN5O. The molecule has 6 nitrogen and oxygen atoms in total. The number of aromatic nitrogens is 4. The first-order valence-electron chi connectivity index (χ1n) is 9.44. The van der Waals surface area contributed by atoms with E-state index in [0.29, 0.717) is 5.76 Å². The standard InChI is InChI=1S/C22H20BN5O/c1-3-5-6-18(4-2)29-19-9-7-16(8-10-19)21-20-13-24-15-25-22(20)28(26-21)17-11-12-27(23)14-17/h1,4-10,13,15,17H,11-12,14H2,2H3/b6-5-,18-4+. The van der Waals surface area contributed by atoms with Gasteiger partial charge in [-0.25, -0.2) is 14.6 Å². The molecule has 1 saturated heterocycles. The summed E-state index contributed by atoms with van der Waals surface area (Å²) in [6, 6.07) is 7.99. The third-order valence-corrected chi connectivity index (χ3v) is 4.90. The summed E-state index contributed by atoms with van der Waals surface area (Å²) < 4.78 is 7.83. The zero-order chi connectivity index (χ0) is 20.2. The highest BCUT2D eigenvalue weighted by Gasteiger charge is 2.25. The van der Waals surface area contributed by atoms with Crippen molar-refractivity contribution in [3.8, 4) is 29.4 Å². The highest BCUT2D eigenvalue weighted by molar-refractivity contribution is 6.04. The van der Waals surface area contributed by atoms with E-state index in [1.165, 1.54) is 0 Å². The third-order valence-electron chi connectivity index (χ3n) is 4.90. The van der Waals surface area contributed by atoms with Gasteiger partial charge in [-0.3, -0.25) is 0 Å². The quantitative estimate of drug-likeness (QED) is 0.294. The van der Waals surface area contributed by atoms with Gasteiger partial charge in [-0.15, -0.1) is 6.42 Å². The number of allylic oxidation sites excluding steroid dienone is 3. The lowest BCUT2D eigenvalue weighted by Crippen LogP contribution is -2.18. The lowest BCUT2D eigenvalue weighted by molar-refractivity contribution is 0.443. The van der Waals surface area contributed by atoms with Gasteiger partial charge in [-0.2, -0.15) is 5.10 Å². The summed E-state index contributed by atoms with van der Waals surface area (Å²) in [5, 5.41) is 5.79. The summed E-state index contributed by atoms with van der Waals surface area (Å²) >= 11 is 0. The molecule has 0 spiro atoms. The highest BCUT2D eigenvalue weighted by atomic mass is 16.5. The maximum Gasteiger partial charge on any atom is 0.182 e. The average Bonchev–Trinajstić information content (AvgIpc) is 3.35. The Morgan fingerprint density at radius 1 is 1.34 bits per heavy atom. The lowest BCUT2D eigenvalue weighted by Gasteiger charge is -2.11. The van der Waals surface area contributed by atoms with Crippen LogP contribution in [0.3, 0.4) is 0 Å². The molecule has 1 fully saturated rings. The predicted octanol–water partition coefficient (Wildman–Crippen LogP) is 3.30. The second-order valence-corrected chi connectivity index (χ2v) is 6.81. The van der Waals surface area contributed by atoms with Crippen molar-refractivity contribution in [2.24, 2.45) is 0 Å². The monoisotopic (exact) mass is 381 g/mol. The maximum absolute atomic E-state index is 5.95. The van der Waals surface area contributed by atoms with Crippen molar-refractivity contribution in [2.45, 2.75) is 19.4 Å². The lowest BCUT2D eigenvalue weighted by atomic mass is 10.1. The summed E-state index contributed by atoms with van der Waals surface area (Å²) in [5.74, 6) is 3.87. The van der Waals surface area contributed by atoms with Crippen LogP contribution in [0.25, 0.3) is 22.3 Å². The van der Waals surface area contributed by atoms with Crippen molar-refractivity contribution >= 4 is 19.0 Å². The van der Waals surface area contributed by atoms with Crippen LogP contribution in [0.15, 0.2) is 60.8 Å². The average molecular weight is 381 g/mol. The van der Waals surface area contributed by atoms with Crippen LogP contribution in [0.2, 0.25) is 0 Å². The molecule has 0 bridgehead atoms. The number of rotatable bonds is 5. The summed E-state index contributed by atoms with van der Waals surface area (Å²) in [5.41, 5.74) is 2.65. The largest absolute Gasteiger partial charge is 0.458 e. The molecule has 1 aromatic carbocycles. The van der Waals surface area contributed by atoms with Crippen LogP contribution >= 0.6 is 0 Å². The molecular weight excluding hydrogens is 361 g/mol. The van der Waals surface area contributed by atoms with Gasteiger partial charge < -0.3 is 9.55 Å². The van der Waals surface area contributed by atoms with Gasteiger partial charge in [0, 0.05) is 18.3 Å². The Kier molecular flexibility index (Phi) is 5.45. The molecule has 0 N–H and O–H groups in total. The van der Waals surface area contributed by atoms with E-state index in [-0.39, 0.29) is 6.04 Å². The molecule has 2 radical (unpaired) electrons. The number of fused-ring (bicyclic) bond motifs is 1. The Morgan fingerprint density at radius 3 is 2.86 bits per heavy atom. The molecule has 1 aliphatic rings. The van der Waals surface area contributed by atoms with E-state index < -0.39 is 0 Å². The van der Waals surface area contributed by atoms with E-state index in [2.05, 4.69) is 15.9 Å². The van der Waals surface area contributed by atoms with Gasteiger partial charge in [0.2, 0.25) is 0 Å². The summed E-state index contributed by atoms with van der Waals surface area (Å²) in [4.78, 5) is 10.5. The van der Waals surface area contributed by atoms with Crippen molar-refractivity contribution < 1.29 is 4.74 Å². The second-order valence-electron chi connectivity index (χ2n) is 6.81. The predicted molar refractivity (Wildman–Crippen MR) is 114 cm³/mol. The molecule has 1 atom stereocenters. The van der Waals surface area contributed by atoms with E-state index in [4.69, 9.17) is 24.2 Å². The van der Waals surface area contributed by atoms with Crippen LogP contribution < -0.4 is 4.74 Å². The van der Waals surface area contributed by atoms with Gasteiger partial charge in [-0.1, -0.05) is 5.92 Å². The molecule has 2 aromatic heterocycles. The van der Waals surface area contributed by atoms with Crippen LogP contribution in [0.4, 0.5) is 0 Å². The number of benzene rings is 1. The first kappa shape index (κ1) is 19.0. The van der Waals surface area contributed by atoms with E-state index in [9.17, 15) is 0 Å². The Labute approximate surface area is 171 Å². The van der Waals surface area contributed by atoms with Crippen LogP contribution in [0.1, 0.15) is 19.4 Å². The smallest absolute Gasteiger partial charge is 0.182 e. The second kappa shape index (κ2) is 8.33. The number of nitrogens with zero attached hydrogens (tertiary/aromatic N) is 5. The van der Waals surface area contributed by atoms with Gasteiger partial charge in [-0.05, 0) is 62.4 Å². The van der Waals surface area contributed by atoms with Gasteiger partial charge in [0.15, 0.2) is 13.6 Å². The first-order valence-corrected chi connectivity index (χ1v) is 9.44. The van der Waals surface area contributed by atoms with Crippen LogP contribution in [0.5, 0.6) is 5.75 Å². The molecule has 1 aliphatic heterocycles. The van der Waals surface area contributed by atoms with E-state index in [0.717, 1.165) is 47.6 Å². The van der Waals surface area contributed by atoms with Crippen LogP contribution in [0, 0.1) is 12.3 Å². The number of ether oxygens (including phenoxy) is 1. The topological polar surface area (TPSA) is 56.1 Å². The van der Waals surface area contributed by atoms with E-state index in [1.807, 2.05) is 53.0 Å². The molecule has 0 aliphatic carbocycles. The molecule has 29 heavy (non-hydrogen) atoms. The zero-order valence-electron chi connectivity index (χ0n) is 16.2. The van der Waals surface area contributed by atoms with Crippen molar-refractivity contribution in [2.75, 3.05) is 13.1 Å². The molecule has 4 rings (SSSR count). The number of hydrogen-bond acceptors (Lipinski definition) is 5. The Bertz CT molecular complexity index is 1110. The van der Waals surface area contributed by atoms with Crippen molar-refractivity contribution in [1.29, 1.82) is 0 Å². The molecule has 7 heteroatoms. The Balaban J connectivity index is 1.65. The molecule has 3 aromatic rings. The molecule has 142 valence electrons. The SMILES string of the molecule is [B]N1CCC(n2nc(-c3ccc(OC(/C=C\C#C)=C/C)cc3)c3cncnc32)C1. The van der Waals surface area contributed by atoms with Gasteiger partial charge in [0.05, 0.1) is 11.4 Å². The molecule has 0 amide bonds. The summed E-state index contributed by atoms with van der Waals surface area (Å²) in [6.45, 7) is 3.50. The fourth-order valence-electron chi connectivity index (χ4n) is 3.45. The normalized spacial score (nSPS) is 17.8. The fourth-order valence-corrected chi connectivity index (χ4v) is 3.45. The van der Waals surface area contributed by atoms with Crippen LogP contribution in [-0.2, 0) is 0 Å². The first-order chi connectivity index (χ1) is 14.2. The number of terminal acetylenes is 1. The molecule has 3 heterocycles.